The van der Waals surface area contributed by atoms with Crippen molar-refractivity contribution in [1.29, 1.82) is 0 Å². The highest BCUT2D eigenvalue weighted by molar-refractivity contribution is 6.33. The van der Waals surface area contributed by atoms with Gasteiger partial charge in [0.2, 0.25) is 0 Å². The van der Waals surface area contributed by atoms with Crippen LogP contribution in [0, 0.1) is 0 Å². The van der Waals surface area contributed by atoms with Crippen molar-refractivity contribution in [2.24, 2.45) is 0 Å². The zero-order chi connectivity index (χ0) is 17.7. The second-order valence-electron chi connectivity index (χ2n) is 5.79. The highest BCUT2D eigenvalue weighted by Gasteiger charge is 2.16. The molecule has 0 aliphatic carbocycles. The maximum absolute atomic E-state index is 12.9. The van der Waals surface area contributed by atoms with Crippen molar-refractivity contribution in [2.75, 3.05) is 20.6 Å². The zero-order valence-electron chi connectivity index (χ0n) is 13.7. The van der Waals surface area contributed by atoms with Crippen molar-refractivity contribution >= 4 is 40.6 Å². The van der Waals surface area contributed by atoms with Gasteiger partial charge in [0.25, 0.3) is 0 Å². The van der Waals surface area contributed by atoms with Crippen molar-refractivity contribution in [2.45, 2.75) is 0 Å². The molecule has 2 aromatic rings. The summed E-state index contributed by atoms with van der Waals surface area (Å²) in [6.45, 7) is 4.44. The van der Waals surface area contributed by atoms with E-state index in [4.69, 9.17) is 23.2 Å². The first-order valence-electron chi connectivity index (χ1n) is 7.47. The lowest BCUT2D eigenvalue weighted by Crippen LogP contribution is -2.19. The molecule has 24 heavy (non-hydrogen) atoms. The molecule has 0 saturated heterocycles. The summed E-state index contributed by atoms with van der Waals surface area (Å²) < 4.78 is 0. The Kier molecular flexibility index (Phi) is 6.38. The van der Waals surface area contributed by atoms with E-state index in [0.717, 1.165) is 11.1 Å². The van der Waals surface area contributed by atoms with Gasteiger partial charge in [-0.25, -0.2) is 0 Å². The zero-order valence-corrected chi connectivity index (χ0v) is 15.2. The number of rotatable bonds is 6. The van der Waals surface area contributed by atoms with E-state index in [9.17, 15) is 4.79 Å². The molecule has 0 aliphatic rings. The Bertz CT molecular complexity index is 759. The Morgan fingerprint density at radius 3 is 2.00 bits per heavy atom. The average molecular weight is 360 g/mol. The van der Waals surface area contributed by atoms with Crippen LogP contribution >= 0.6 is 23.2 Å². The van der Waals surface area contributed by atoms with Crippen molar-refractivity contribution in [3.05, 3.63) is 81.9 Å². The summed E-state index contributed by atoms with van der Waals surface area (Å²) >= 11 is 11.9. The molecule has 0 atom stereocenters. The third-order valence-electron chi connectivity index (χ3n) is 3.41. The van der Waals surface area contributed by atoms with E-state index in [1.54, 1.807) is 24.3 Å². The molecular weight excluding hydrogens is 341 g/mol. The average Bonchev–Trinajstić information content (AvgIpc) is 2.54. The Balaban J connectivity index is 2.44. The number of nitrogens with zero attached hydrogens (tertiary/aromatic N) is 1. The second kappa shape index (κ2) is 8.29. The normalized spacial score (nSPS) is 11.6. The Hall–Kier alpha value is -1.87. The Morgan fingerprint density at radius 1 is 1.00 bits per heavy atom. The number of halogens is 2. The van der Waals surface area contributed by atoms with E-state index in [1.165, 1.54) is 0 Å². The molecule has 0 N–H and O–H groups in total. The first-order valence-corrected chi connectivity index (χ1v) is 8.23. The third kappa shape index (κ3) is 5.07. The molecular formula is C20H19Cl2NO. The number of carbonyl (C=O) groups excluding carboxylic acids is 1. The summed E-state index contributed by atoms with van der Waals surface area (Å²) in [5.74, 6) is -0.0824. The second-order valence-corrected chi connectivity index (χ2v) is 6.66. The number of ketones is 1. The predicted molar refractivity (Wildman–Crippen MR) is 103 cm³/mol. The van der Waals surface area contributed by atoms with Crippen molar-refractivity contribution < 1.29 is 4.79 Å². The van der Waals surface area contributed by atoms with Crippen LogP contribution in [0.3, 0.4) is 0 Å². The van der Waals surface area contributed by atoms with Gasteiger partial charge in [-0.1, -0.05) is 54.0 Å². The lowest BCUT2D eigenvalue weighted by molar-refractivity contribution is -0.110. The van der Waals surface area contributed by atoms with Crippen LogP contribution in [0.25, 0.3) is 11.6 Å². The molecule has 2 aromatic carbocycles. The molecule has 0 saturated carbocycles. The van der Waals surface area contributed by atoms with Gasteiger partial charge in [0.1, 0.15) is 0 Å². The van der Waals surface area contributed by atoms with E-state index >= 15 is 0 Å². The van der Waals surface area contributed by atoms with Gasteiger partial charge in [-0.05, 0) is 55.6 Å². The van der Waals surface area contributed by atoms with Gasteiger partial charge in [-0.2, -0.15) is 0 Å². The minimum absolute atomic E-state index is 0.0824. The van der Waals surface area contributed by atoms with E-state index in [2.05, 4.69) is 6.58 Å². The number of allylic oxidation sites excluding steroid dienone is 1. The molecule has 0 fully saturated rings. The van der Waals surface area contributed by atoms with Gasteiger partial charge in [0.05, 0.1) is 0 Å². The fraction of sp³-hybridized carbons (Fsp3) is 0.150. The van der Waals surface area contributed by atoms with Crippen LogP contribution in [0.4, 0.5) is 0 Å². The summed E-state index contributed by atoms with van der Waals surface area (Å²) in [5.41, 5.74) is 2.82. The maximum Gasteiger partial charge on any atom is 0.190 e. The fourth-order valence-corrected chi connectivity index (χ4v) is 2.53. The minimum atomic E-state index is -0.0824. The molecule has 2 rings (SSSR count). The lowest BCUT2D eigenvalue weighted by atomic mass is 9.95. The predicted octanol–water partition coefficient (Wildman–Crippen LogP) is 5.22. The van der Waals surface area contributed by atoms with Gasteiger partial charge in [0.15, 0.2) is 5.78 Å². The minimum Gasteiger partial charge on any atom is -0.305 e. The van der Waals surface area contributed by atoms with E-state index in [-0.39, 0.29) is 5.78 Å². The highest BCUT2D eigenvalue weighted by Crippen LogP contribution is 2.24. The Morgan fingerprint density at radius 2 is 1.50 bits per heavy atom. The molecule has 0 bridgehead atoms. The topological polar surface area (TPSA) is 20.3 Å². The summed E-state index contributed by atoms with van der Waals surface area (Å²) in [5, 5.41) is 1.28. The van der Waals surface area contributed by atoms with Crippen LogP contribution in [0.15, 0.2) is 60.7 Å². The van der Waals surface area contributed by atoms with Gasteiger partial charge < -0.3 is 4.90 Å². The molecule has 0 heterocycles. The summed E-state index contributed by atoms with van der Waals surface area (Å²) in [6.07, 6.45) is 1.85. The standard InChI is InChI=1S/C20H19Cl2NO/c1-14(13-23(2)3)20(24)19(16-6-10-18(22)11-7-16)12-15-4-8-17(21)9-5-15/h4-12H,1,13H2,2-3H3/b19-12+. The number of carbonyl (C=O) groups is 1. The van der Waals surface area contributed by atoms with Crippen molar-refractivity contribution in [3.8, 4) is 0 Å². The number of Topliss-reactive ketones (excluding diaryl/α,β-unsaturated/α-hetero) is 1. The van der Waals surface area contributed by atoms with Crippen molar-refractivity contribution in [1.82, 2.24) is 4.90 Å². The van der Waals surface area contributed by atoms with Crippen LogP contribution in [0.1, 0.15) is 11.1 Å². The van der Waals surface area contributed by atoms with Gasteiger partial charge in [-0.15, -0.1) is 0 Å². The molecule has 0 spiro atoms. The monoisotopic (exact) mass is 359 g/mol. The summed E-state index contributed by atoms with van der Waals surface area (Å²) in [6, 6.07) is 14.6. The Labute approximate surface area is 153 Å². The van der Waals surface area contributed by atoms with Gasteiger partial charge >= 0.3 is 0 Å². The molecule has 0 radical (unpaired) electrons. The van der Waals surface area contributed by atoms with Crippen LogP contribution in [-0.4, -0.2) is 31.3 Å². The van der Waals surface area contributed by atoms with Gasteiger partial charge in [0, 0.05) is 27.7 Å². The maximum atomic E-state index is 12.9. The lowest BCUT2D eigenvalue weighted by Gasteiger charge is -2.14. The molecule has 124 valence electrons. The number of hydrogen-bond acceptors (Lipinski definition) is 2. The molecule has 2 nitrogen and oxygen atoms in total. The summed E-state index contributed by atoms with van der Waals surface area (Å²) in [7, 11) is 3.81. The van der Waals surface area contributed by atoms with Crippen LogP contribution in [0.2, 0.25) is 10.0 Å². The van der Waals surface area contributed by atoms with Crippen molar-refractivity contribution in [3.63, 3.8) is 0 Å². The van der Waals surface area contributed by atoms with Crippen LogP contribution in [0.5, 0.6) is 0 Å². The first kappa shape index (κ1) is 18.5. The van der Waals surface area contributed by atoms with E-state index in [1.807, 2.05) is 49.3 Å². The molecule has 0 unspecified atom stereocenters. The van der Waals surface area contributed by atoms with Crippen LogP contribution < -0.4 is 0 Å². The largest absolute Gasteiger partial charge is 0.305 e. The molecule has 4 heteroatoms. The smallest absolute Gasteiger partial charge is 0.190 e. The molecule has 0 aliphatic heterocycles. The quantitative estimate of drug-likeness (QED) is 0.520. The molecule has 0 aromatic heterocycles. The number of likely N-dealkylation sites (N-methyl/N-ethyl adjacent to an activating group) is 1. The van der Waals surface area contributed by atoms with Gasteiger partial charge in [-0.3, -0.25) is 4.79 Å². The van der Waals surface area contributed by atoms with E-state index < -0.39 is 0 Å². The SMILES string of the molecule is C=C(CN(C)C)C(=O)/C(=C/c1ccc(Cl)cc1)c1ccc(Cl)cc1. The highest BCUT2D eigenvalue weighted by atomic mass is 35.5. The number of benzene rings is 2. The summed E-state index contributed by atoms with van der Waals surface area (Å²) in [4.78, 5) is 14.8. The molecule has 0 amide bonds. The third-order valence-corrected chi connectivity index (χ3v) is 3.91. The fourth-order valence-electron chi connectivity index (χ4n) is 2.28. The van der Waals surface area contributed by atoms with E-state index in [0.29, 0.717) is 27.7 Å². The van der Waals surface area contributed by atoms with Crippen LogP contribution in [-0.2, 0) is 4.79 Å². The first-order chi connectivity index (χ1) is 11.4. The number of hydrogen-bond donors (Lipinski definition) is 0.